The molecule has 1 saturated carbocycles. The van der Waals surface area contributed by atoms with Gasteiger partial charge in [-0.25, -0.2) is 0 Å². The van der Waals surface area contributed by atoms with E-state index in [-0.39, 0.29) is 0 Å². The lowest BCUT2D eigenvalue weighted by Gasteiger charge is -2.28. The number of hydrogen-bond acceptors (Lipinski definition) is 4. The predicted molar refractivity (Wildman–Crippen MR) is 90.7 cm³/mol. The monoisotopic (exact) mass is 309 g/mol. The van der Waals surface area contributed by atoms with Crippen molar-refractivity contribution < 1.29 is 4.42 Å². The van der Waals surface area contributed by atoms with Crippen molar-refractivity contribution in [1.29, 1.82) is 5.26 Å². The molecule has 1 fully saturated rings. The van der Waals surface area contributed by atoms with Gasteiger partial charge in [0.25, 0.3) is 0 Å². The molecule has 4 heteroatoms. The molecule has 0 amide bonds. The minimum Gasteiger partial charge on any atom is -0.428 e. The van der Waals surface area contributed by atoms with Gasteiger partial charge in [0.1, 0.15) is 5.76 Å². The van der Waals surface area contributed by atoms with Crippen molar-refractivity contribution in [2.24, 2.45) is 5.92 Å². The summed E-state index contributed by atoms with van der Waals surface area (Å²) >= 11 is 0. The number of benzene rings is 1. The van der Waals surface area contributed by atoms with E-state index in [1.807, 2.05) is 38.1 Å². The lowest BCUT2D eigenvalue weighted by Crippen LogP contribution is -2.26. The first-order chi connectivity index (χ1) is 11.2. The van der Waals surface area contributed by atoms with Crippen molar-refractivity contribution in [1.82, 2.24) is 4.98 Å². The molecule has 0 N–H and O–H groups in total. The minimum atomic E-state index is 0.662. The van der Waals surface area contributed by atoms with Crippen LogP contribution in [0, 0.1) is 31.1 Å². The summed E-state index contributed by atoms with van der Waals surface area (Å²) in [4.78, 5) is 6.75. The Labute approximate surface area is 137 Å². The highest BCUT2D eigenvalue weighted by molar-refractivity contribution is 5.58. The Bertz CT molecular complexity index is 671. The van der Waals surface area contributed by atoms with Crippen LogP contribution in [0.5, 0.6) is 0 Å². The molecule has 1 aromatic carbocycles. The summed E-state index contributed by atoms with van der Waals surface area (Å²) in [5.41, 5.74) is 2.64. The number of nitrogens with zero attached hydrogens (tertiary/aromatic N) is 3. The summed E-state index contributed by atoms with van der Waals surface area (Å²) in [5.74, 6) is 1.54. The molecular formula is C19H23N3O. The number of nitriles is 1. The van der Waals surface area contributed by atoms with E-state index in [4.69, 9.17) is 9.68 Å². The second-order valence-corrected chi connectivity index (χ2v) is 6.41. The summed E-state index contributed by atoms with van der Waals surface area (Å²) in [6.07, 6.45) is 6.52. The van der Waals surface area contributed by atoms with Crippen molar-refractivity contribution >= 4 is 11.7 Å². The Balaban J connectivity index is 1.89. The molecule has 0 radical (unpaired) electrons. The summed E-state index contributed by atoms with van der Waals surface area (Å²) in [7, 11) is 0. The molecule has 0 spiro atoms. The Morgan fingerprint density at radius 3 is 2.43 bits per heavy atom. The van der Waals surface area contributed by atoms with Crippen LogP contribution in [-0.4, -0.2) is 11.5 Å². The Morgan fingerprint density at radius 2 is 1.87 bits per heavy atom. The van der Waals surface area contributed by atoms with E-state index in [0.717, 1.165) is 23.7 Å². The number of oxazole rings is 1. The second-order valence-electron chi connectivity index (χ2n) is 6.41. The predicted octanol–water partition coefficient (Wildman–Crippen LogP) is 4.88. The van der Waals surface area contributed by atoms with Crippen molar-refractivity contribution in [2.75, 3.05) is 11.4 Å². The molecule has 1 heterocycles. The molecule has 0 bridgehead atoms. The van der Waals surface area contributed by atoms with Gasteiger partial charge in [-0.1, -0.05) is 19.3 Å². The largest absolute Gasteiger partial charge is 0.428 e. The zero-order valence-corrected chi connectivity index (χ0v) is 13.9. The topological polar surface area (TPSA) is 53.1 Å². The number of aromatic nitrogens is 1. The zero-order chi connectivity index (χ0) is 16.2. The SMILES string of the molecule is Cc1nc(N(CC2CCCCC2)c2ccc(C#N)cc2)oc1C. The molecule has 1 aliphatic carbocycles. The van der Waals surface area contributed by atoms with Crippen LogP contribution in [0.1, 0.15) is 49.1 Å². The van der Waals surface area contributed by atoms with E-state index >= 15 is 0 Å². The lowest BCUT2D eigenvalue weighted by atomic mass is 9.89. The number of hydrogen-bond donors (Lipinski definition) is 0. The summed E-state index contributed by atoms with van der Waals surface area (Å²) in [6.45, 7) is 4.84. The van der Waals surface area contributed by atoms with Crippen molar-refractivity contribution in [3.63, 3.8) is 0 Å². The third-order valence-electron chi connectivity index (χ3n) is 4.72. The highest BCUT2D eigenvalue weighted by atomic mass is 16.4. The molecule has 4 nitrogen and oxygen atoms in total. The van der Waals surface area contributed by atoms with Gasteiger partial charge in [0.05, 0.1) is 17.3 Å². The molecule has 120 valence electrons. The Kier molecular flexibility index (Phi) is 4.66. The first-order valence-electron chi connectivity index (χ1n) is 8.39. The van der Waals surface area contributed by atoms with Gasteiger partial charge in [0, 0.05) is 12.2 Å². The molecule has 0 aliphatic heterocycles. The van der Waals surface area contributed by atoms with Gasteiger partial charge < -0.3 is 4.42 Å². The lowest BCUT2D eigenvalue weighted by molar-refractivity contribution is 0.359. The van der Waals surface area contributed by atoms with E-state index < -0.39 is 0 Å². The summed E-state index contributed by atoms with van der Waals surface area (Å²) in [5, 5.41) is 8.99. The van der Waals surface area contributed by atoms with Crippen molar-refractivity contribution in [3.8, 4) is 6.07 Å². The molecule has 1 aromatic heterocycles. The molecule has 3 rings (SSSR count). The average molecular weight is 309 g/mol. The van der Waals surface area contributed by atoms with Crippen LogP contribution in [0.15, 0.2) is 28.7 Å². The summed E-state index contributed by atoms with van der Waals surface area (Å²) in [6, 6.07) is 10.5. The van der Waals surface area contributed by atoms with Gasteiger partial charge >= 0.3 is 6.01 Å². The maximum atomic E-state index is 8.99. The quantitative estimate of drug-likeness (QED) is 0.807. The van der Waals surface area contributed by atoms with Gasteiger partial charge in [-0.05, 0) is 56.9 Å². The van der Waals surface area contributed by atoms with Crippen LogP contribution in [-0.2, 0) is 0 Å². The van der Waals surface area contributed by atoms with Gasteiger partial charge in [-0.3, -0.25) is 4.90 Å². The molecular weight excluding hydrogens is 286 g/mol. The maximum Gasteiger partial charge on any atom is 0.302 e. The fourth-order valence-corrected chi connectivity index (χ4v) is 3.21. The standard InChI is InChI=1S/C19H23N3O/c1-14-15(2)23-19(21-14)22(13-17-6-4-3-5-7-17)18-10-8-16(12-20)9-11-18/h8-11,17H,3-7,13H2,1-2H3. The van der Waals surface area contributed by atoms with E-state index in [0.29, 0.717) is 17.5 Å². The maximum absolute atomic E-state index is 8.99. The second kappa shape index (κ2) is 6.87. The third-order valence-corrected chi connectivity index (χ3v) is 4.72. The fourth-order valence-electron chi connectivity index (χ4n) is 3.21. The van der Waals surface area contributed by atoms with E-state index in [1.54, 1.807) is 0 Å². The number of anilines is 2. The smallest absolute Gasteiger partial charge is 0.302 e. The van der Waals surface area contributed by atoms with Gasteiger partial charge in [-0.15, -0.1) is 0 Å². The highest BCUT2D eigenvalue weighted by Gasteiger charge is 2.22. The van der Waals surface area contributed by atoms with Crippen LogP contribution in [0.2, 0.25) is 0 Å². The fraction of sp³-hybridized carbons (Fsp3) is 0.474. The zero-order valence-electron chi connectivity index (χ0n) is 13.9. The third kappa shape index (κ3) is 3.56. The average Bonchev–Trinajstić information content (AvgIpc) is 2.92. The number of aryl methyl sites for hydroxylation is 2. The van der Waals surface area contributed by atoms with Gasteiger partial charge in [0.2, 0.25) is 0 Å². The molecule has 23 heavy (non-hydrogen) atoms. The van der Waals surface area contributed by atoms with Crippen LogP contribution in [0.3, 0.4) is 0 Å². The Morgan fingerprint density at radius 1 is 1.17 bits per heavy atom. The van der Waals surface area contributed by atoms with Crippen LogP contribution in [0.25, 0.3) is 0 Å². The van der Waals surface area contributed by atoms with Crippen LogP contribution in [0.4, 0.5) is 11.7 Å². The highest BCUT2D eigenvalue weighted by Crippen LogP contribution is 2.32. The number of rotatable bonds is 4. The van der Waals surface area contributed by atoms with Crippen LogP contribution >= 0.6 is 0 Å². The molecule has 0 atom stereocenters. The van der Waals surface area contributed by atoms with E-state index in [9.17, 15) is 0 Å². The van der Waals surface area contributed by atoms with Gasteiger partial charge in [-0.2, -0.15) is 10.2 Å². The van der Waals surface area contributed by atoms with Crippen molar-refractivity contribution in [2.45, 2.75) is 46.0 Å². The molecule has 0 saturated heterocycles. The van der Waals surface area contributed by atoms with Crippen LogP contribution < -0.4 is 4.90 Å². The molecule has 0 unspecified atom stereocenters. The Hall–Kier alpha value is -2.28. The van der Waals surface area contributed by atoms with E-state index in [2.05, 4.69) is 16.0 Å². The first kappa shape index (κ1) is 15.6. The van der Waals surface area contributed by atoms with Crippen molar-refractivity contribution in [3.05, 3.63) is 41.3 Å². The van der Waals surface area contributed by atoms with Gasteiger partial charge in [0.15, 0.2) is 0 Å². The normalized spacial score (nSPS) is 15.3. The minimum absolute atomic E-state index is 0.662. The molecule has 1 aliphatic rings. The van der Waals surface area contributed by atoms with E-state index in [1.165, 1.54) is 32.1 Å². The molecule has 2 aromatic rings. The first-order valence-corrected chi connectivity index (χ1v) is 8.39. The summed E-state index contributed by atoms with van der Waals surface area (Å²) < 4.78 is 5.88.